The van der Waals surface area contributed by atoms with Crippen molar-refractivity contribution in [1.29, 1.82) is 0 Å². The minimum atomic E-state index is 0.104. The molecule has 4 heteroatoms. The van der Waals surface area contributed by atoms with E-state index in [0.29, 0.717) is 13.2 Å². The summed E-state index contributed by atoms with van der Waals surface area (Å²) in [6.07, 6.45) is 6.35. The monoisotopic (exact) mass is 272 g/mol. The van der Waals surface area contributed by atoms with Gasteiger partial charge in [-0.25, -0.2) is 0 Å². The molecule has 1 rings (SSSR count). The van der Waals surface area contributed by atoms with Crippen LogP contribution in [0.15, 0.2) is 0 Å². The van der Waals surface area contributed by atoms with E-state index in [1.54, 1.807) is 0 Å². The van der Waals surface area contributed by atoms with Gasteiger partial charge in [0, 0.05) is 18.6 Å². The number of ether oxygens (including phenoxy) is 1. The molecule has 0 bridgehead atoms. The maximum Gasteiger partial charge on any atom is 0.0698 e. The van der Waals surface area contributed by atoms with Crippen molar-refractivity contribution in [1.82, 2.24) is 4.90 Å². The summed E-state index contributed by atoms with van der Waals surface area (Å²) in [5.74, 6) is 0.893. The van der Waals surface area contributed by atoms with Gasteiger partial charge < -0.3 is 15.6 Å². The normalized spacial score (nSPS) is 27.9. The molecule has 0 radical (unpaired) electrons. The number of aliphatic hydroxyl groups excluding tert-OH is 1. The molecule has 0 amide bonds. The summed E-state index contributed by atoms with van der Waals surface area (Å²) >= 11 is 0. The molecule has 3 N–H and O–H groups in total. The molecule has 0 aromatic rings. The highest BCUT2D eigenvalue weighted by atomic mass is 16.5. The molecule has 0 aromatic carbocycles. The Morgan fingerprint density at radius 2 is 1.95 bits per heavy atom. The van der Waals surface area contributed by atoms with Crippen LogP contribution in [0, 0.1) is 5.92 Å². The maximum absolute atomic E-state index is 8.73. The van der Waals surface area contributed by atoms with Crippen LogP contribution < -0.4 is 5.73 Å². The van der Waals surface area contributed by atoms with Crippen LogP contribution in [0.4, 0.5) is 0 Å². The molecule has 4 nitrogen and oxygen atoms in total. The first-order valence-corrected chi connectivity index (χ1v) is 7.86. The lowest BCUT2D eigenvalue weighted by molar-refractivity contribution is 0.0112. The van der Waals surface area contributed by atoms with E-state index in [2.05, 4.69) is 18.7 Å². The van der Waals surface area contributed by atoms with Crippen LogP contribution >= 0.6 is 0 Å². The van der Waals surface area contributed by atoms with E-state index in [9.17, 15) is 0 Å². The molecule has 1 aliphatic carbocycles. The second-order valence-corrected chi connectivity index (χ2v) is 5.70. The smallest absolute Gasteiger partial charge is 0.0698 e. The van der Waals surface area contributed by atoms with Crippen LogP contribution in [0.3, 0.4) is 0 Å². The largest absolute Gasteiger partial charge is 0.394 e. The van der Waals surface area contributed by atoms with E-state index < -0.39 is 0 Å². The Hall–Kier alpha value is -0.160. The number of hydrogen-bond acceptors (Lipinski definition) is 4. The van der Waals surface area contributed by atoms with Gasteiger partial charge in [-0.15, -0.1) is 0 Å². The quantitative estimate of drug-likeness (QED) is 0.626. The first-order chi connectivity index (χ1) is 9.22. The van der Waals surface area contributed by atoms with Crippen molar-refractivity contribution in [2.75, 3.05) is 39.5 Å². The number of aliphatic hydroxyl groups is 1. The Labute approximate surface area is 118 Å². The van der Waals surface area contributed by atoms with Gasteiger partial charge in [0.25, 0.3) is 0 Å². The van der Waals surface area contributed by atoms with Gasteiger partial charge in [-0.05, 0) is 38.1 Å². The number of likely N-dealkylation sites (N-methyl/N-ethyl adjacent to an activating group) is 1. The summed E-state index contributed by atoms with van der Waals surface area (Å²) in [6, 6.07) is 0. The van der Waals surface area contributed by atoms with Crippen LogP contribution in [0.5, 0.6) is 0 Å². The molecule has 0 aromatic heterocycles. The zero-order chi connectivity index (χ0) is 14.1. The van der Waals surface area contributed by atoms with Crippen molar-refractivity contribution in [2.24, 2.45) is 11.7 Å². The third kappa shape index (κ3) is 4.71. The second kappa shape index (κ2) is 8.90. The van der Waals surface area contributed by atoms with Gasteiger partial charge in [0.2, 0.25) is 0 Å². The molecule has 1 aliphatic rings. The Morgan fingerprint density at radius 1 is 1.26 bits per heavy atom. The van der Waals surface area contributed by atoms with Gasteiger partial charge in [-0.2, -0.15) is 0 Å². The van der Waals surface area contributed by atoms with E-state index in [-0.39, 0.29) is 12.1 Å². The van der Waals surface area contributed by atoms with Crippen molar-refractivity contribution in [3.8, 4) is 0 Å². The lowest BCUT2D eigenvalue weighted by Gasteiger charge is -2.47. The molecule has 1 saturated carbocycles. The highest BCUT2D eigenvalue weighted by Crippen LogP contribution is 2.37. The molecule has 1 fully saturated rings. The van der Waals surface area contributed by atoms with E-state index in [1.807, 2.05) is 0 Å². The Bertz CT molecular complexity index is 228. The minimum Gasteiger partial charge on any atom is -0.394 e. The summed E-state index contributed by atoms with van der Waals surface area (Å²) in [5.41, 5.74) is 6.29. The van der Waals surface area contributed by atoms with Crippen molar-refractivity contribution >= 4 is 0 Å². The molecule has 19 heavy (non-hydrogen) atoms. The van der Waals surface area contributed by atoms with Gasteiger partial charge in [0.05, 0.1) is 19.8 Å². The lowest BCUT2D eigenvalue weighted by atomic mass is 9.74. The molecule has 0 heterocycles. The van der Waals surface area contributed by atoms with Crippen molar-refractivity contribution in [3.63, 3.8) is 0 Å². The maximum atomic E-state index is 8.73. The molecule has 114 valence electrons. The van der Waals surface area contributed by atoms with Gasteiger partial charge >= 0.3 is 0 Å². The van der Waals surface area contributed by atoms with Crippen molar-refractivity contribution in [3.05, 3.63) is 0 Å². The second-order valence-electron chi connectivity index (χ2n) is 5.70. The van der Waals surface area contributed by atoms with E-state index in [4.69, 9.17) is 15.6 Å². The van der Waals surface area contributed by atoms with Crippen LogP contribution in [-0.4, -0.2) is 55.0 Å². The number of rotatable bonds is 9. The molecule has 0 aliphatic heterocycles. The Balaban J connectivity index is 2.50. The zero-order valence-electron chi connectivity index (χ0n) is 12.7. The summed E-state index contributed by atoms with van der Waals surface area (Å²) < 4.78 is 5.41. The highest BCUT2D eigenvalue weighted by molar-refractivity contribution is 4.95. The summed E-state index contributed by atoms with van der Waals surface area (Å²) in [4.78, 5) is 2.50. The fraction of sp³-hybridized carbons (Fsp3) is 1.00. The SMILES string of the molecule is CCC1CCC(CN)(N(CC)CCOCCO)CC1. The van der Waals surface area contributed by atoms with Gasteiger partial charge in [0.1, 0.15) is 0 Å². The zero-order valence-corrected chi connectivity index (χ0v) is 12.7. The third-order valence-corrected chi connectivity index (χ3v) is 4.79. The number of nitrogens with zero attached hydrogens (tertiary/aromatic N) is 1. The molecular weight excluding hydrogens is 240 g/mol. The highest BCUT2D eigenvalue weighted by Gasteiger charge is 2.37. The fourth-order valence-electron chi connectivity index (χ4n) is 3.34. The average molecular weight is 272 g/mol. The van der Waals surface area contributed by atoms with E-state index >= 15 is 0 Å². The lowest BCUT2D eigenvalue weighted by Crippen LogP contribution is -2.56. The fourth-order valence-corrected chi connectivity index (χ4v) is 3.34. The topological polar surface area (TPSA) is 58.7 Å². The Morgan fingerprint density at radius 3 is 2.42 bits per heavy atom. The van der Waals surface area contributed by atoms with Crippen molar-refractivity contribution in [2.45, 2.75) is 51.5 Å². The summed E-state index contributed by atoms with van der Waals surface area (Å²) in [6.45, 7) is 8.42. The molecule has 0 unspecified atom stereocenters. The van der Waals surface area contributed by atoms with Crippen LogP contribution in [0.2, 0.25) is 0 Å². The number of hydrogen-bond donors (Lipinski definition) is 2. The van der Waals surface area contributed by atoms with Gasteiger partial charge in [-0.1, -0.05) is 20.3 Å². The van der Waals surface area contributed by atoms with Crippen LogP contribution in [0.25, 0.3) is 0 Å². The standard InChI is InChI=1S/C15H32N2O2/c1-3-14-5-7-15(13-16,8-6-14)17(4-2)9-11-19-12-10-18/h14,18H,3-13,16H2,1-2H3. The van der Waals surface area contributed by atoms with Crippen LogP contribution in [-0.2, 0) is 4.74 Å². The first kappa shape index (κ1) is 16.9. The molecule has 0 spiro atoms. The average Bonchev–Trinajstić information content (AvgIpc) is 2.47. The molecule has 0 atom stereocenters. The first-order valence-electron chi connectivity index (χ1n) is 7.86. The Kier molecular flexibility index (Phi) is 7.91. The predicted molar refractivity (Wildman–Crippen MR) is 79.2 cm³/mol. The molecular formula is C15H32N2O2. The van der Waals surface area contributed by atoms with E-state index in [0.717, 1.165) is 25.6 Å². The predicted octanol–water partition coefficient (Wildman–Crippen LogP) is 1.61. The summed E-state index contributed by atoms with van der Waals surface area (Å²) in [7, 11) is 0. The van der Waals surface area contributed by atoms with E-state index in [1.165, 1.54) is 32.1 Å². The third-order valence-electron chi connectivity index (χ3n) is 4.79. The minimum absolute atomic E-state index is 0.104. The van der Waals surface area contributed by atoms with Gasteiger partial charge in [-0.3, -0.25) is 4.90 Å². The van der Waals surface area contributed by atoms with Gasteiger partial charge in [0.15, 0.2) is 0 Å². The summed E-state index contributed by atoms with van der Waals surface area (Å²) in [5, 5.41) is 8.73. The number of nitrogens with two attached hydrogens (primary N) is 1. The molecule has 0 saturated heterocycles. The van der Waals surface area contributed by atoms with Crippen LogP contribution in [0.1, 0.15) is 46.0 Å². The van der Waals surface area contributed by atoms with Crippen molar-refractivity contribution < 1.29 is 9.84 Å².